The van der Waals surface area contributed by atoms with E-state index in [4.69, 9.17) is 10.5 Å². The predicted octanol–water partition coefficient (Wildman–Crippen LogP) is 3.69. The number of piperidine rings is 1. The Kier molecular flexibility index (Phi) is 6.42. The summed E-state index contributed by atoms with van der Waals surface area (Å²) in [5.74, 6) is 1.49. The molecule has 1 aromatic heterocycles. The Bertz CT molecular complexity index is 1220. The number of sulfone groups is 1. The summed E-state index contributed by atoms with van der Waals surface area (Å²) in [6.45, 7) is 7.22. The molecule has 4 rings (SSSR count). The van der Waals surface area contributed by atoms with Crippen molar-refractivity contribution in [2.45, 2.75) is 50.5 Å². The van der Waals surface area contributed by atoms with Crippen LogP contribution in [0.1, 0.15) is 39.2 Å². The molecule has 0 radical (unpaired) electrons. The highest BCUT2D eigenvalue weighted by Crippen LogP contribution is 2.43. The third-order valence-electron chi connectivity index (χ3n) is 6.86. The lowest BCUT2D eigenvalue weighted by molar-refractivity contribution is 0.0178. The number of urea groups is 1. The van der Waals surface area contributed by atoms with Crippen LogP contribution >= 0.6 is 0 Å². The van der Waals surface area contributed by atoms with Crippen molar-refractivity contribution in [1.29, 1.82) is 0 Å². The van der Waals surface area contributed by atoms with Crippen molar-refractivity contribution in [3.8, 4) is 17.0 Å². The summed E-state index contributed by atoms with van der Waals surface area (Å²) >= 11 is 0. The first-order valence-electron chi connectivity index (χ1n) is 11.6. The Morgan fingerprint density at radius 3 is 2.47 bits per heavy atom. The molecule has 0 unspecified atom stereocenters. The van der Waals surface area contributed by atoms with Gasteiger partial charge in [-0.25, -0.2) is 13.2 Å². The van der Waals surface area contributed by atoms with E-state index in [-0.39, 0.29) is 22.4 Å². The third-order valence-corrected chi connectivity index (χ3v) is 7.98. The van der Waals surface area contributed by atoms with E-state index in [1.165, 1.54) is 6.26 Å². The number of ether oxygens (including phenoxy) is 1. The molecule has 0 bridgehead atoms. The number of benzene rings is 1. The lowest BCUT2D eigenvalue weighted by Crippen LogP contribution is -2.47. The Morgan fingerprint density at radius 1 is 1.24 bits per heavy atom. The van der Waals surface area contributed by atoms with Gasteiger partial charge < -0.3 is 15.4 Å². The summed E-state index contributed by atoms with van der Waals surface area (Å²) in [6, 6.07) is 8.53. The second kappa shape index (κ2) is 9.02. The molecule has 3 heterocycles. The van der Waals surface area contributed by atoms with Crippen LogP contribution in [0.3, 0.4) is 0 Å². The van der Waals surface area contributed by atoms with E-state index in [0.29, 0.717) is 24.8 Å². The van der Waals surface area contributed by atoms with Crippen molar-refractivity contribution in [1.82, 2.24) is 9.88 Å². The summed E-state index contributed by atoms with van der Waals surface area (Å²) in [5.41, 5.74) is 8.22. The smallest absolute Gasteiger partial charge is 0.345 e. The molecule has 9 heteroatoms. The lowest BCUT2D eigenvalue weighted by atomic mass is 9.79. The van der Waals surface area contributed by atoms with Crippen LogP contribution in [0.2, 0.25) is 0 Å². The van der Waals surface area contributed by atoms with Gasteiger partial charge in [-0.05, 0) is 38.0 Å². The molecule has 0 saturated carbocycles. The fraction of sp³-hybridized carbons (Fsp3) is 0.480. The zero-order valence-electron chi connectivity index (χ0n) is 20.1. The molecule has 1 saturated heterocycles. The average Bonchev–Trinajstić information content (AvgIpc) is 3.15. The number of aliphatic imine (C=N–C) groups is 1. The number of likely N-dealkylation sites (tertiary alicyclic amines) is 1. The van der Waals surface area contributed by atoms with Crippen LogP contribution in [0, 0.1) is 11.8 Å². The summed E-state index contributed by atoms with van der Waals surface area (Å²) in [7, 11) is -3.24. The van der Waals surface area contributed by atoms with E-state index in [2.05, 4.69) is 16.9 Å². The average molecular weight is 485 g/mol. The summed E-state index contributed by atoms with van der Waals surface area (Å²) in [5, 5.41) is 0. The van der Waals surface area contributed by atoms with Gasteiger partial charge in [0.2, 0.25) is 0 Å². The van der Waals surface area contributed by atoms with Gasteiger partial charge in [-0.2, -0.15) is 4.99 Å². The number of hydrogen-bond acceptors (Lipinski definition) is 5. The first kappa shape index (κ1) is 24.2. The zero-order chi connectivity index (χ0) is 24.7. The van der Waals surface area contributed by atoms with Crippen LogP contribution in [0.25, 0.3) is 11.3 Å². The van der Waals surface area contributed by atoms with E-state index in [1.807, 2.05) is 19.9 Å². The normalized spacial score (nSPS) is 21.4. The molecule has 2 aliphatic rings. The highest BCUT2D eigenvalue weighted by molar-refractivity contribution is 7.90. The largest absolute Gasteiger partial charge is 0.485 e. The summed E-state index contributed by atoms with van der Waals surface area (Å²) in [4.78, 5) is 23.1. The summed E-state index contributed by atoms with van der Waals surface area (Å²) in [6.07, 6.45) is 5.38. The number of hydrogen-bond donors (Lipinski definition) is 1. The first-order chi connectivity index (χ1) is 16.0. The first-order valence-corrected chi connectivity index (χ1v) is 13.5. The van der Waals surface area contributed by atoms with Crippen LogP contribution in [-0.2, 0) is 16.3 Å². The van der Waals surface area contributed by atoms with Crippen LogP contribution in [0.15, 0.2) is 46.4 Å². The molecule has 182 valence electrons. The maximum atomic E-state index is 12.4. The fourth-order valence-electron chi connectivity index (χ4n) is 4.63. The SMILES string of the molecule is CC(C)/C(N)=N/C(=O)N1CCC([C@]2(C)Cc3cc(-c4ccc(S(C)(=O)=O)cc4)ncc3O2)CC1. The van der Waals surface area contributed by atoms with Gasteiger partial charge in [0.15, 0.2) is 9.84 Å². The Hall–Kier alpha value is -2.94. The van der Waals surface area contributed by atoms with E-state index in [1.54, 1.807) is 35.4 Å². The Morgan fingerprint density at radius 2 is 1.88 bits per heavy atom. The second-order valence-corrected chi connectivity index (χ2v) is 11.8. The number of carbonyl (C=O) groups is 1. The number of aromatic nitrogens is 1. The molecule has 2 amide bonds. The topological polar surface area (TPSA) is 115 Å². The number of nitrogens with zero attached hydrogens (tertiary/aromatic N) is 3. The number of pyridine rings is 1. The van der Waals surface area contributed by atoms with Crippen molar-refractivity contribution >= 4 is 21.7 Å². The number of carbonyl (C=O) groups excluding carboxylic acids is 1. The minimum atomic E-state index is -3.24. The Labute approximate surface area is 201 Å². The van der Waals surface area contributed by atoms with Crippen LogP contribution in [0.4, 0.5) is 4.79 Å². The third kappa shape index (κ3) is 4.94. The van der Waals surface area contributed by atoms with Crippen molar-refractivity contribution in [2.75, 3.05) is 19.3 Å². The molecule has 8 nitrogen and oxygen atoms in total. The molecule has 1 aromatic carbocycles. The van der Waals surface area contributed by atoms with Crippen molar-refractivity contribution in [3.05, 3.63) is 42.1 Å². The van der Waals surface area contributed by atoms with Crippen molar-refractivity contribution < 1.29 is 17.9 Å². The number of rotatable bonds is 4. The van der Waals surface area contributed by atoms with Crippen LogP contribution < -0.4 is 10.5 Å². The van der Waals surface area contributed by atoms with E-state index < -0.39 is 9.84 Å². The Balaban J connectivity index is 1.43. The molecule has 1 atom stereocenters. The highest BCUT2D eigenvalue weighted by atomic mass is 32.2. The fourth-order valence-corrected chi connectivity index (χ4v) is 5.26. The minimum Gasteiger partial charge on any atom is -0.485 e. The van der Waals surface area contributed by atoms with E-state index in [9.17, 15) is 13.2 Å². The maximum Gasteiger partial charge on any atom is 0.345 e. The highest BCUT2D eigenvalue weighted by Gasteiger charge is 2.43. The predicted molar refractivity (Wildman–Crippen MR) is 132 cm³/mol. The van der Waals surface area contributed by atoms with Gasteiger partial charge in [0.05, 0.1) is 16.8 Å². The molecular formula is C25H32N4O4S. The monoisotopic (exact) mass is 484 g/mol. The maximum absolute atomic E-state index is 12.4. The van der Waals surface area contributed by atoms with Gasteiger partial charge in [0, 0.05) is 48.7 Å². The number of nitrogens with two attached hydrogens (primary N) is 1. The number of amidine groups is 1. The van der Waals surface area contributed by atoms with Crippen LogP contribution in [-0.4, -0.2) is 55.1 Å². The molecule has 0 spiro atoms. The molecule has 2 aliphatic heterocycles. The van der Waals surface area contributed by atoms with E-state index in [0.717, 1.165) is 41.8 Å². The molecular weight excluding hydrogens is 452 g/mol. The minimum absolute atomic E-state index is 0.0434. The van der Waals surface area contributed by atoms with Gasteiger partial charge in [0.1, 0.15) is 17.2 Å². The van der Waals surface area contributed by atoms with Gasteiger partial charge in [-0.15, -0.1) is 0 Å². The van der Waals surface area contributed by atoms with Crippen molar-refractivity contribution in [3.63, 3.8) is 0 Å². The molecule has 1 fully saturated rings. The van der Waals surface area contributed by atoms with Crippen molar-refractivity contribution in [2.24, 2.45) is 22.6 Å². The van der Waals surface area contributed by atoms with Gasteiger partial charge in [-0.1, -0.05) is 26.0 Å². The van der Waals surface area contributed by atoms with Gasteiger partial charge in [-0.3, -0.25) is 4.98 Å². The molecule has 2 aromatic rings. The lowest BCUT2D eigenvalue weighted by Gasteiger charge is -2.39. The standard InChI is InChI=1S/C25H32N4O4S/c1-16(2)23(26)28-24(30)29-11-9-19(10-12-29)25(3)14-18-13-21(27-15-22(18)33-25)17-5-7-20(8-6-17)34(4,31)32/h5-8,13,15-16,19H,9-12,14H2,1-4H3,(H2,26,28,30)/t25-/m0/s1. The second-order valence-electron chi connectivity index (χ2n) is 9.80. The van der Waals surface area contributed by atoms with E-state index >= 15 is 0 Å². The molecule has 2 N–H and O–H groups in total. The quantitative estimate of drug-likeness (QED) is 0.523. The summed E-state index contributed by atoms with van der Waals surface area (Å²) < 4.78 is 29.8. The van der Waals surface area contributed by atoms with Gasteiger partial charge >= 0.3 is 6.03 Å². The molecule has 34 heavy (non-hydrogen) atoms. The molecule has 0 aliphatic carbocycles. The number of amides is 2. The number of fused-ring (bicyclic) bond motifs is 1. The van der Waals surface area contributed by atoms with Gasteiger partial charge in [0.25, 0.3) is 0 Å². The van der Waals surface area contributed by atoms with Crippen LogP contribution in [0.5, 0.6) is 5.75 Å². The zero-order valence-corrected chi connectivity index (χ0v) is 20.9.